The van der Waals surface area contributed by atoms with Gasteiger partial charge in [0, 0.05) is 31.4 Å². The second-order valence-electron chi connectivity index (χ2n) is 5.12. The third-order valence-electron chi connectivity index (χ3n) is 3.77. The first kappa shape index (κ1) is 12.9. The molecular formula is C14H18N4O2. The normalized spacial score (nSPS) is 17.8. The first-order valence-corrected chi connectivity index (χ1v) is 6.95. The molecule has 20 heavy (non-hydrogen) atoms. The maximum atomic E-state index is 12.4. The Bertz CT molecular complexity index is 629. The Morgan fingerprint density at radius 2 is 2.45 bits per heavy atom. The number of imidazole rings is 1. The standard InChI is InChI=1S/C14H18N4O2/c1-3-11-13(9(2)20-17-11)14(19)16-10-4-5-12-15-6-7-18(12)8-10/h6-7,10H,3-5,8H2,1-2H3,(H,16,19). The van der Waals surface area contributed by atoms with Crippen LogP contribution < -0.4 is 5.32 Å². The second kappa shape index (κ2) is 5.11. The van der Waals surface area contributed by atoms with Crippen LogP contribution >= 0.6 is 0 Å². The van der Waals surface area contributed by atoms with Gasteiger partial charge in [-0.1, -0.05) is 12.1 Å². The lowest BCUT2D eigenvalue weighted by molar-refractivity contribution is 0.0925. The molecular weight excluding hydrogens is 256 g/mol. The molecule has 2 aromatic rings. The maximum Gasteiger partial charge on any atom is 0.257 e. The van der Waals surface area contributed by atoms with Crippen molar-refractivity contribution in [2.75, 3.05) is 0 Å². The zero-order valence-corrected chi connectivity index (χ0v) is 11.7. The zero-order valence-electron chi connectivity index (χ0n) is 11.7. The molecule has 0 saturated heterocycles. The van der Waals surface area contributed by atoms with Crippen molar-refractivity contribution in [3.8, 4) is 0 Å². The van der Waals surface area contributed by atoms with Crippen molar-refractivity contribution < 1.29 is 9.32 Å². The molecule has 0 bridgehead atoms. The van der Waals surface area contributed by atoms with E-state index in [-0.39, 0.29) is 11.9 Å². The molecule has 0 radical (unpaired) electrons. The number of carbonyl (C=O) groups excluding carboxylic acids is 1. The average Bonchev–Trinajstić information content (AvgIpc) is 3.04. The molecule has 0 aliphatic carbocycles. The highest BCUT2D eigenvalue weighted by molar-refractivity contribution is 5.96. The molecule has 1 amide bonds. The SMILES string of the molecule is CCc1noc(C)c1C(=O)NC1CCc2nccn2C1. The lowest BCUT2D eigenvalue weighted by atomic mass is 10.1. The van der Waals surface area contributed by atoms with Crippen molar-refractivity contribution in [2.45, 2.75) is 45.7 Å². The number of nitrogens with zero attached hydrogens (tertiary/aromatic N) is 3. The van der Waals surface area contributed by atoms with Crippen LogP contribution in [0.4, 0.5) is 0 Å². The molecule has 1 aliphatic heterocycles. The number of aromatic nitrogens is 3. The van der Waals surface area contributed by atoms with Crippen molar-refractivity contribution in [1.29, 1.82) is 0 Å². The van der Waals surface area contributed by atoms with Gasteiger partial charge in [-0.15, -0.1) is 0 Å². The Hall–Kier alpha value is -2.11. The van der Waals surface area contributed by atoms with Gasteiger partial charge < -0.3 is 14.4 Å². The van der Waals surface area contributed by atoms with Gasteiger partial charge in [-0.2, -0.15) is 0 Å². The molecule has 6 heteroatoms. The monoisotopic (exact) mass is 274 g/mol. The average molecular weight is 274 g/mol. The Morgan fingerprint density at radius 1 is 1.60 bits per heavy atom. The Kier molecular flexibility index (Phi) is 3.30. The van der Waals surface area contributed by atoms with E-state index < -0.39 is 0 Å². The van der Waals surface area contributed by atoms with Crippen LogP contribution in [0.1, 0.15) is 41.0 Å². The largest absolute Gasteiger partial charge is 0.361 e. The van der Waals surface area contributed by atoms with Crippen LogP contribution in [0, 0.1) is 6.92 Å². The van der Waals surface area contributed by atoms with Gasteiger partial charge in [-0.3, -0.25) is 4.79 Å². The topological polar surface area (TPSA) is 73.0 Å². The van der Waals surface area contributed by atoms with Gasteiger partial charge in [0.1, 0.15) is 17.1 Å². The van der Waals surface area contributed by atoms with Gasteiger partial charge in [0.2, 0.25) is 0 Å². The lowest BCUT2D eigenvalue weighted by Gasteiger charge is -2.24. The fourth-order valence-corrected chi connectivity index (χ4v) is 2.69. The summed E-state index contributed by atoms with van der Waals surface area (Å²) in [6.45, 7) is 4.51. The van der Waals surface area contributed by atoms with E-state index in [1.807, 2.05) is 13.1 Å². The summed E-state index contributed by atoms with van der Waals surface area (Å²) in [4.78, 5) is 16.7. The number of carbonyl (C=O) groups is 1. The fraction of sp³-hybridized carbons (Fsp3) is 0.500. The summed E-state index contributed by atoms with van der Waals surface area (Å²) in [6, 6.07) is 0.128. The van der Waals surface area contributed by atoms with Gasteiger partial charge in [0.25, 0.3) is 5.91 Å². The molecule has 1 unspecified atom stereocenters. The Morgan fingerprint density at radius 3 is 3.25 bits per heavy atom. The quantitative estimate of drug-likeness (QED) is 0.920. The first-order valence-electron chi connectivity index (χ1n) is 6.95. The third kappa shape index (κ3) is 2.21. The number of amides is 1. The van der Waals surface area contributed by atoms with E-state index in [9.17, 15) is 4.79 Å². The summed E-state index contributed by atoms with van der Waals surface area (Å²) in [5.41, 5.74) is 1.31. The van der Waals surface area contributed by atoms with E-state index in [0.29, 0.717) is 17.7 Å². The van der Waals surface area contributed by atoms with Gasteiger partial charge in [-0.25, -0.2) is 4.98 Å². The minimum Gasteiger partial charge on any atom is -0.361 e. The number of nitrogens with one attached hydrogen (secondary N) is 1. The van der Waals surface area contributed by atoms with Crippen LogP contribution in [0.5, 0.6) is 0 Å². The van der Waals surface area contributed by atoms with Gasteiger partial charge in [0.05, 0.1) is 5.69 Å². The molecule has 0 spiro atoms. The highest BCUT2D eigenvalue weighted by Gasteiger charge is 2.24. The van der Waals surface area contributed by atoms with Gasteiger partial charge in [-0.05, 0) is 19.8 Å². The van der Waals surface area contributed by atoms with Crippen molar-refractivity contribution in [3.05, 3.63) is 35.2 Å². The molecule has 3 rings (SSSR count). The minimum absolute atomic E-state index is 0.0887. The number of hydrogen-bond donors (Lipinski definition) is 1. The van der Waals surface area contributed by atoms with Crippen molar-refractivity contribution >= 4 is 5.91 Å². The highest BCUT2D eigenvalue weighted by Crippen LogP contribution is 2.17. The zero-order chi connectivity index (χ0) is 14.1. The van der Waals surface area contributed by atoms with Gasteiger partial charge in [0.15, 0.2) is 0 Å². The number of aryl methyl sites for hydroxylation is 3. The van der Waals surface area contributed by atoms with Crippen LogP contribution in [0.2, 0.25) is 0 Å². The van der Waals surface area contributed by atoms with E-state index in [1.165, 1.54) is 0 Å². The van der Waals surface area contributed by atoms with Crippen LogP contribution in [-0.4, -0.2) is 26.7 Å². The molecule has 106 valence electrons. The molecule has 1 N–H and O–H groups in total. The smallest absolute Gasteiger partial charge is 0.257 e. The molecule has 1 aliphatic rings. The molecule has 0 aromatic carbocycles. The lowest BCUT2D eigenvalue weighted by Crippen LogP contribution is -2.41. The summed E-state index contributed by atoms with van der Waals surface area (Å²) < 4.78 is 7.21. The van der Waals surface area contributed by atoms with Crippen LogP contribution in [-0.2, 0) is 19.4 Å². The fourth-order valence-electron chi connectivity index (χ4n) is 2.69. The number of hydrogen-bond acceptors (Lipinski definition) is 4. The van der Waals surface area contributed by atoms with E-state index >= 15 is 0 Å². The van der Waals surface area contributed by atoms with E-state index in [4.69, 9.17) is 4.52 Å². The van der Waals surface area contributed by atoms with Crippen LogP contribution in [0.3, 0.4) is 0 Å². The molecule has 1 atom stereocenters. The number of rotatable bonds is 3. The maximum absolute atomic E-state index is 12.4. The molecule has 0 fully saturated rings. The predicted octanol–water partition coefficient (Wildman–Crippen LogP) is 1.49. The summed E-state index contributed by atoms with van der Waals surface area (Å²) in [6.07, 6.45) is 6.25. The van der Waals surface area contributed by atoms with Crippen molar-refractivity contribution in [2.24, 2.45) is 0 Å². The minimum atomic E-state index is -0.0887. The van der Waals surface area contributed by atoms with Gasteiger partial charge >= 0.3 is 0 Å². The van der Waals surface area contributed by atoms with Crippen molar-refractivity contribution in [3.63, 3.8) is 0 Å². The van der Waals surface area contributed by atoms with Crippen LogP contribution in [0.25, 0.3) is 0 Å². The summed E-state index contributed by atoms with van der Waals surface area (Å²) in [7, 11) is 0. The van der Waals surface area contributed by atoms with E-state index in [2.05, 4.69) is 20.0 Å². The Labute approximate surface area is 117 Å². The molecule has 6 nitrogen and oxygen atoms in total. The number of fused-ring (bicyclic) bond motifs is 1. The second-order valence-corrected chi connectivity index (χ2v) is 5.12. The highest BCUT2D eigenvalue weighted by atomic mass is 16.5. The first-order chi connectivity index (χ1) is 9.69. The predicted molar refractivity (Wildman–Crippen MR) is 72.4 cm³/mol. The third-order valence-corrected chi connectivity index (χ3v) is 3.77. The molecule has 3 heterocycles. The van der Waals surface area contributed by atoms with Crippen LogP contribution in [0.15, 0.2) is 16.9 Å². The summed E-state index contributed by atoms with van der Waals surface area (Å²) in [5.74, 6) is 1.58. The van der Waals surface area contributed by atoms with Crippen molar-refractivity contribution in [1.82, 2.24) is 20.0 Å². The summed E-state index contributed by atoms with van der Waals surface area (Å²) >= 11 is 0. The van der Waals surface area contributed by atoms with E-state index in [0.717, 1.165) is 30.9 Å². The van der Waals surface area contributed by atoms with E-state index in [1.54, 1.807) is 13.1 Å². The summed E-state index contributed by atoms with van der Waals surface area (Å²) in [5, 5.41) is 7.00. The Balaban J connectivity index is 1.72. The molecule has 0 saturated carbocycles. The molecule has 2 aromatic heterocycles.